The first-order chi connectivity index (χ1) is 17.8. The van der Waals surface area contributed by atoms with Crippen molar-refractivity contribution in [3.63, 3.8) is 0 Å². The number of nitrogens with zero attached hydrogens (tertiary/aromatic N) is 3. The third-order valence-corrected chi connectivity index (χ3v) is 5.68. The van der Waals surface area contributed by atoms with Crippen molar-refractivity contribution in [3.8, 4) is 23.1 Å². The third kappa shape index (κ3) is 5.87. The Hall–Kier alpha value is -4.44. The molecule has 0 saturated carbocycles. The Bertz CT molecular complexity index is 1470. The molecule has 0 atom stereocenters. The lowest BCUT2D eigenvalue weighted by atomic mass is 10.2. The number of nitrogens with one attached hydrogen (secondary N) is 1. The summed E-state index contributed by atoms with van der Waals surface area (Å²) in [5.74, 6) is 0.117. The summed E-state index contributed by atoms with van der Waals surface area (Å²) in [6, 6.07) is 12.0. The number of rotatable bonds is 8. The molecule has 2 heterocycles. The fourth-order valence-electron chi connectivity index (χ4n) is 3.48. The van der Waals surface area contributed by atoms with Crippen molar-refractivity contribution < 1.29 is 28.2 Å². The predicted molar refractivity (Wildman–Crippen MR) is 137 cm³/mol. The standard InChI is InChI=1S/C26H22ClFN4O5/c1-32(17-6-4-15(28)5-7-17)25(34)13-24(33)31-16-10-19(27)26(30-14-16)37-21-8-9-29-20-12-23(36-3)22(35-2)11-18(20)21/h4-12,14H,13H2,1-3H3,(H,31,33). The van der Waals surface area contributed by atoms with Crippen molar-refractivity contribution in [2.24, 2.45) is 0 Å². The number of hydrogen-bond acceptors (Lipinski definition) is 7. The van der Waals surface area contributed by atoms with Crippen LogP contribution < -0.4 is 24.4 Å². The second-order valence-corrected chi connectivity index (χ2v) is 8.21. The Morgan fingerprint density at radius 2 is 1.70 bits per heavy atom. The van der Waals surface area contributed by atoms with Crippen molar-refractivity contribution >= 4 is 45.7 Å². The molecule has 2 amide bonds. The van der Waals surface area contributed by atoms with E-state index in [1.54, 1.807) is 24.4 Å². The van der Waals surface area contributed by atoms with Gasteiger partial charge in [-0.25, -0.2) is 9.37 Å². The number of methoxy groups -OCH3 is 2. The van der Waals surface area contributed by atoms with E-state index in [0.717, 1.165) is 0 Å². The molecule has 11 heteroatoms. The number of fused-ring (bicyclic) bond motifs is 1. The van der Waals surface area contributed by atoms with Gasteiger partial charge in [0.2, 0.25) is 17.7 Å². The fraction of sp³-hybridized carbons (Fsp3) is 0.154. The smallest absolute Gasteiger partial charge is 0.238 e. The van der Waals surface area contributed by atoms with Crippen LogP contribution in [0, 0.1) is 5.82 Å². The summed E-state index contributed by atoms with van der Waals surface area (Å²) in [5, 5.41) is 3.38. The largest absolute Gasteiger partial charge is 0.493 e. The quantitative estimate of drug-likeness (QED) is 0.315. The van der Waals surface area contributed by atoms with E-state index in [2.05, 4.69) is 15.3 Å². The van der Waals surface area contributed by atoms with Gasteiger partial charge in [-0.2, -0.15) is 0 Å². The highest BCUT2D eigenvalue weighted by molar-refractivity contribution is 6.32. The highest BCUT2D eigenvalue weighted by atomic mass is 35.5. The van der Waals surface area contributed by atoms with E-state index in [1.165, 1.54) is 62.7 Å². The minimum atomic E-state index is -0.563. The number of amides is 2. The minimum absolute atomic E-state index is 0.106. The van der Waals surface area contributed by atoms with E-state index in [0.29, 0.717) is 33.8 Å². The van der Waals surface area contributed by atoms with Crippen LogP contribution in [0.2, 0.25) is 5.02 Å². The Balaban J connectivity index is 1.45. The van der Waals surface area contributed by atoms with Gasteiger partial charge >= 0.3 is 0 Å². The van der Waals surface area contributed by atoms with Crippen LogP contribution in [0.1, 0.15) is 6.42 Å². The third-order valence-electron chi connectivity index (χ3n) is 5.40. The lowest BCUT2D eigenvalue weighted by Crippen LogP contribution is -2.30. The first-order valence-corrected chi connectivity index (χ1v) is 11.3. The average Bonchev–Trinajstić information content (AvgIpc) is 2.89. The van der Waals surface area contributed by atoms with Crippen LogP contribution in [0.25, 0.3) is 10.9 Å². The Morgan fingerprint density at radius 1 is 1.00 bits per heavy atom. The fourth-order valence-corrected chi connectivity index (χ4v) is 3.68. The SMILES string of the molecule is COc1cc2nccc(Oc3ncc(NC(=O)CC(=O)N(C)c4ccc(F)cc4)cc3Cl)c2cc1OC. The summed E-state index contributed by atoms with van der Waals surface area (Å²) in [6.07, 6.45) is 2.50. The number of benzene rings is 2. The molecule has 0 unspecified atom stereocenters. The molecule has 0 spiro atoms. The average molecular weight is 525 g/mol. The van der Waals surface area contributed by atoms with Crippen molar-refractivity contribution in [2.45, 2.75) is 6.42 Å². The summed E-state index contributed by atoms with van der Waals surface area (Å²) < 4.78 is 29.7. The molecule has 37 heavy (non-hydrogen) atoms. The maximum Gasteiger partial charge on any atom is 0.238 e. The molecule has 1 N–H and O–H groups in total. The molecule has 4 rings (SSSR count). The van der Waals surface area contributed by atoms with Gasteiger partial charge in [0.05, 0.1) is 31.6 Å². The van der Waals surface area contributed by atoms with Gasteiger partial charge in [-0.1, -0.05) is 11.6 Å². The van der Waals surface area contributed by atoms with Crippen molar-refractivity contribution in [2.75, 3.05) is 31.5 Å². The van der Waals surface area contributed by atoms with Crippen LogP contribution >= 0.6 is 11.6 Å². The van der Waals surface area contributed by atoms with Gasteiger partial charge in [0, 0.05) is 30.4 Å². The number of anilines is 2. The monoisotopic (exact) mass is 524 g/mol. The molecule has 0 aliphatic carbocycles. The summed E-state index contributed by atoms with van der Waals surface area (Å²) >= 11 is 6.36. The lowest BCUT2D eigenvalue weighted by molar-refractivity contribution is -0.125. The summed E-state index contributed by atoms with van der Waals surface area (Å²) in [6.45, 7) is 0. The number of aromatic nitrogens is 2. The van der Waals surface area contributed by atoms with E-state index >= 15 is 0 Å². The van der Waals surface area contributed by atoms with Gasteiger partial charge in [-0.3, -0.25) is 14.6 Å². The number of pyridine rings is 2. The van der Waals surface area contributed by atoms with Crippen LogP contribution in [0.4, 0.5) is 15.8 Å². The first kappa shape index (κ1) is 25.6. The normalized spacial score (nSPS) is 10.6. The van der Waals surface area contributed by atoms with Crippen molar-refractivity contribution in [3.05, 3.63) is 71.8 Å². The molecule has 9 nitrogen and oxygen atoms in total. The number of carbonyl (C=O) groups excluding carboxylic acids is 2. The highest BCUT2D eigenvalue weighted by Gasteiger charge is 2.17. The molecule has 190 valence electrons. The highest BCUT2D eigenvalue weighted by Crippen LogP contribution is 2.38. The Labute approximate surface area is 216 Å². The molecule has 2 aromatic heterocycles. The van der Waals surface area contributed by atoms with Crippen LogP contribution in [-0.2, 0) is 9.59 Å². The van der Waals surface area contributed by atoms with Gasteiger partial charge in [0.25, 0.3) is 0 Å². The van der Waals surface area contributed by atoms with E-state index in [-0.39, 0.29) is 16.6 Å². The van der Waals surface area contributed by atoms with E-state index in [9.17, 15) is 14.0 Å². The van der Waals surface area contributed by atoms with Crippen LogP contribution in [0.15, 0.2) is 60.9 Å². The molecular formula is C26H22ClFN4O5. The van der Waals surface area contributed by atoms with Gasteiger partial charge in [0.1, 0.15) is 23.0 Å². The molecule has 0 aliphatic heterocycles. The van der Waals surface area contributed by atoms with Gasteiger partial charge in [-0.15, -0.1) is 0 Å². The van der Waals surface area contributed by atoms with Gasteiger partial charge in [0.15, 0.2) is 11.5 Å². The zero-order valence-electron chi connectivity index (χ0n) is 20.1. The number of carbonyl (C=O) groups is 2. The molecule has 2 aromatic carbocycles. The Kier molecular flexibility index (Phi) is 7.69. The van der Waals surface area contributed by atoms with Crippen LogP contribution in [0.3, 0.4) is 0 Å². The first-order valence-electron chi connectivity index (χ1n) is 10.9. The second kappa shape index (κ2) is 11.1. The predicted octanol–water partition coefficient (Wildman–Crippen LogP) is 5.22. The zero-order chi connectivity index (χ0) is 26.5. The van der Waals surface area contributed by atoms with Crippen LogP contribution in [0.5, 0.6) is 23.1 Å². The van der Waals surface area contributed by atoms with E-state index < -0.39 is 24.1 Å². The second-order valence-electron chi connectivity index (χ2n) is 7.80. The van der Waals surface area contributed by atoms with Crippen LogP contribution in [-0.4, -0.2) is 43.0 Å². The summed E-state index contributed by atoms with van der Waals surface area (Å²) in [5.41, 5.74) is 1.36. The number of halogens is 2. The van der Waals surface area contributed by atoms with Crippen molar-refractivity contribution in [1.82, 2.24) is 9.97 Å². The minimum Gasteiger partial charge on any atom is -0.493 e. The Morgan fingerprint density at radius 3 is 2.38 bits per heavy atom. The molecule has 0 radical (unpaired) electrons. The molecule has 4 aromatic rings. The van der Waals surface area contributed by atoms with Gasteiger partial charge in [-0.05, 0) is 42.5 Å². The maximum absolute atomic E-state index is 13.1. The summed E-state index contributed by atoms with van der Waals surface area (Å²) in [4.78, 5) is 34.6. The zero-order valence-corrected chi connectivity index (χ0v) is 20.9. The van der Waals surface area contributed by atoms with Crippen molar-refractivity contribution in [1.29, 1.82) is 0 Å². The molecule has 0 fully saturated rings. The molecule has 0 aliphatic rings. The maximum atomic E-state index is 13.1. The number of hydrogen-bond donors (Lipinski definition) is 1. The molecular weight excluding hydrogens is 503 g/mol. The molecule has 0 bridgehead atoms. The lowest BCUT2D eigenvalue weighted by Gasteiger charge is -2.17. The summed E-state index contributed by atoms with van der Waals surface area (Å²) in [7, 11) is 4.57. The number of ether oxygens (including phenoxy) is 3. The topological polar surface area (TPSA) is 103 Å². The van der Waals surface area contributed by atoms with E-state index in [4.69, 9.17) is 25.8 Å². The van der Waals surface area contributed by atoms with Gasteiger partial charge < -0.3 is 24.4 Å². The molecule has 0 saturated heterocycles. The van der Waals surface area contributed by atoms with E-state index in [1.807, 2.05) is 0 Å².